The highest BCUT2D eigenvalue weighted by molar-refractivity contribution is 7.09. The summed E-state index contributed by atoms with van der Waals surface area (Å²) in [6, 6.07) is 5.67. The lowest BCUT2D eigenvalue weighted by molar-refractivity contribution is 0.0677. The number of amides is 1. The molecule has 2 aromatic heterocycles. The van der Waals surface area contributed by atoms with Crippen molar-refractivity contribution in [1.29, 1.82) is 0 Å². The fraction of sp³-hybridized carbons (Fsp3) is 0.308. The van der Waals surface area contributed by atoms with Crippen molar-refractivity contribution in [3.63, 3.8) is 0 Å². The van der Waals surface area contributed by atoms with Gasteiger partial charge in [-0.3, -0.25) is 4.79 Å². The van der Waals surface area contributed by atoms with E-state index < -0.39 is 0 Å². The lowest BCUT2D eigenvalue weighted by atomic mass is 10.2. The van der Waals surface area contributed by atoms with Crippen molar-refractivity contribution in [2.24, 2.45) is 0 Å². The van der Waals surface area contributed by atoms with Gasteiger partial charge in [0.25, 0.3) is 5.91 Å². The molecule has 0 radical (unpaired) electrons. The Bertz CT molecular complexity index is 504. The zero-order valence-electron chi connectivity index (χ0n) is 10.1. The van der Waals surface area contributed by atoms with Crippen molar-refractivity contribution in [2.45, 2.75) is 13.5 Å². The van der Waals surface area contributed by atoms with Crippen molar-refractivity contribution >= 4 is 17.2 Å². The van der Waals surface area contributed by atoms with Gasteiger partial charge in [0.15, 0.2) is 5.76 Å². The number of thiophene rings is 1. The van der Waals surface area contributed by atoms with Crippen molar-refractivity contribution < 1.29 is 14.3 Å². The highest BCUT2D eigenvalue weighted by atomic mass is 32.1. The lowest BCUT2D eigenvalue weighted by Gasteiger charge is -2.20. The van der Waals surface area contributed by atoms with E-state index in [0.717, 1.165) is 10.4 Å². The Morgan fingerprint density at radius 1 is 1.50 bits per heavy atom. The van der Waals surface area contributed by atoms with Gasteiger partial charge in [0.05, 0.1) is 19.4 Å². The molecule has 0 saturated heterocycles. The second kappa shape index (κ2) is 5.84. The largest absolute Gasteiger partial charge is 0.459 e. The second-order valence-corrected chi connectivity index (χ2v) is 4.99. The molecule has 96 valence electrons. The second-order valence-electron chi connectivity index (χ2n) is 3.96. The molecule has 0 aliphatic rings. The third-order valence-corrected chi connectivity index (χ3v) is 3.50. The number of furan rings is 1. The van der Waals surface area contributed by atoms with E-state index in [9.17, 15) is 4.79 Å². The number of rotatable bonds is 5. The first-order chi connectivity index (χ1) is 8.72. The predicted octanol–water partition coefficient (Wildman–Crippen LogP) is 2.28. The Balaban J connectivity index is 2.15. The molecule has 0 atom stereocenters. The van der Waals surface area contributed by atoms with Crippen molar-refractivity contribution in [3.05, 3.63) is 46.0 Å². The van der Waals surface area contributed by atoms with Crippen LogP contribution in [0.3, 0.4) is 0 Å². The summed E-state index contributed by atoms with van der Waals surface area (Å²) in [4.78, 5) is 14.9. The minimum Gasteiger partial charge on any atom is -0.459 e. The number of hydrogen-bond donors (Lipinski definition) is 1. The molecule has 0 spiro atoms. The number of nitrogens with zero attached hydrogens (tertiary/aromatic N) is 1. The van der Waals surface area contributed by atoms with Gasteiger partial charge in [-0.15, -0.1) is 11.3 Å². The number of aliphatic hydroxyl groups is 1. The Morgan fingerprint density at radius 2 is 2.33 bits per heavy atom. The van der Waals surface area contributed by atoms with Gasteiger partial charge < -0.3 is 14.4 Å². The number of aliphatic hydroxyl groups excluding tert-OH is 1. The average molecular weight is 265 g/mol. The van der Waals surface area contributed by atoms with Gasteiger partial charge >= 0.3 is 0 Å². The highest BCUT2D eigenvalue weighted by Gasteiger charge is 2.20. The molecule has 4 nitrogen and oxygen atoms in total. The first-order valence-electron chi connectivity index (χ1n) is 5.69. The molecule has 0 unspecified atom stereocenters. The minimum atomic E-state index is -0.181. The summed E-state index contributed by atoms with van der Waals surface area (Å²) >= 11 is 1.59. The third-order valence-electron chi connectivity index (χ3n) is 2.64. The molecule has 2 rings (SSSR count). The van der Waals surface area contributed by atoms with Crippen LogP contribution in [0.5, 0.6) is 0 Å². The van der Waals surface area contributed by atoms with E-state index in [2.05, 4.69) is 0 Å². The molecule has 2 heterocycles. The highest BCUT2D eigenvalue weighted by Crippen LogP contribution is 2.16. The SMILES string of the molecule is Cc1ccoc1C(=O)N(CCO)Cc1cccs1. The summed E-state index contributed by atoms with van der Waals surface area (Å²) in [6.07, 6.45) is 1.50. The summed E-state index contributed by atoms with van der Waals surface area (Å²) in [5, 5.41) is 11.0. The molecule has 0 saturated carbocycles. The molecule has 18 heavy (non-hydrogen) atoms. The molecule has 0 fully saturated rings. The standard InChI is InChI=1S/C13H15NO3S/c1-10-4-7-17-12(10)13(16)14(5-6-15)9-11-3-2-8-18-11/h2-4,7-8,15H,5-6,9H2,1H3. The Morgan fingerprint density at radius 3 is 2.89 bits per heavy atom. The van der Waals surface area contributed by atoms with E-state index in [0.29, 0.717) is 18.8 Å². The van der Waals surface area contributed by atoms with Crippen LogP contribution in [0, 0.1) is 6.92 Å². The van der Waals surface area contributed by atoms with Crippen molar-refractivity contribution in [1.82, 2.24) is 4.90 Å². The summed E-state index contributed by atoms with van der Waals surface area (Å²) in [7, 11) is 0. The Labute approximate surface area is 109 Å². The van der Waals surface area contributed by atoms with Gasteiger partial charge in [0, 0.05) is 17.0 Å². The zero-order valence-corrected chi connectivity index (χ0v) is 10.9. The molecule has 1 amide bonds. The lowest BCUT2D eigenvalue weighted by Crippen LogP contribution is -2.32. The van der Waals surface area contributed by atoms with Crippen molar-refractivity contribution in [3.8, 4) is 0 Å². The maximum Gasteiger partial charge on any atom is 0.290 e. The van der Waals surface area contributed by atoms with Crippen LogP contribution in [-0.2, 0) is 6.54 Å². The van der Waals surface area contributed by atoms with Gasteiger partial charge in [-0.05, 0) is 24.4 Å². The smallest absolute Gasteiger partial charge is 0.290 e. The van der Waals surface area contributed by atoms with Gasteiger partial charge in [-0.2, -0.15) is 0 Å². The normalized spacial score (nSPS) is 10.6. The van der Waals surface area contributed by atoms with Gasteiger partial charge in [-0.25, -0.2) is 0 Å². The first kappa shape index (κ1) is 12.9. The van der Waals surface area contributed by atoms with E-state index in [1.807, 2.05) is 24.4 Å². The van der Waals surface area contributed by atoms with Crippen LogP contribution in [0.4, 0.5) is 0 Å². The topological polar surface area (TPSA) is 53.7 Å². The number of hydrogen-bond acceptors (Lipinski definition) is 4. The van der Waals surface area contributed by atoms with Gasteiger partial charge in [0.2, 0.25) is 0 Å². The van der Waals surface area contributed by atoms with E-state index in [-0.39, 0.29) is 12.5 Å². The monoisotopic (exact) mass is 265 g/mol. The van der Waals surface area contributed by atoms with Crippen LogP contribution in [0.15, 0.2) is 34.3 Å². The van der Waals surface area contributed by atoms with Gasteiger partial charge in [0.1, 0.15) is 0 Å². The van der Waals surface area contributed by atoms with Crippen LogP contribution >= 0.6 is 11.3 Å². The van der Waals surface area contributed by atoms with E-state index in [1.165, 1.54) is 6.26 Å². The van der Waals surface area contributed by atoms with Gasteiger partial charge in [-0.1, -0.05) is 6.07 Å². The zero-order chi connectivity index (χ0) is 13.0. The number of carbonyl (C=O) groups excluding carboxylic acids is 1. The van der Waals surface area contributed by atoms with E-state index >= 15 is 0 Å². The first-order valence-corrected chi connectivity index (χ1v) is 6.57. The molecule has 0 aliphatic carbocycles. The summed E-state index contributed by atoms with van der Waals surface area (Å²) < 4.78 is 5.20. The molecular weight excluding hydrogens is 250 g/mol. The number of carbonyl (C=O) groups is 1. The van der Waals surface area contributed by atoms with Crippen LogP contribution < -0.4 is 0 Å². The Hall–Kier alpha value is -1.59. The molecule has 0 bridgehead atoms. The third kappa shape index (κ3) is 2.80. The van der Waals surface area contributed by atoms with E-state index in [4.69, 9.17) is 9.52 Å². The van der Waals surface area contributed by atoms with Crippen LogP contribution in [0.2, 0.25) is 0 Å². The maximum absolute atomic E-state index is 12.3. The molecule has 1 N–H and O–H groups in total. The molecular formula is C13H15NO3S. The van der Waals surface area contributed by atoms with Crippen molar-refractivity contribution in [2.75, 3.05) is 13.2 Å². The van der Waals surface area contributed by atoms with Crippen LogP contribution in [-0.4, -0.2) is 29.1 Å². The van der Waals surface area contributed by atoms with Crippen LogP contribution in [0.1, 0.15) is 21.0 Å². The fourth-order valence-corrected chi connectivity index (χ4v) is 2.42. The molecule has 0 aliphatic heterocycles. The molecule has 2 aromatic rings. The molecule has 0 aromatic carbocycles. The summed E-state index contributed by atoms with van der Waals surface area (Å²) in [5.74, 6) is 0.167. The maximum atomic E-state index is 12.3. The fourth-order valence-electron chi connectivity index (χ4n) is 1.70. The quantitative estimate of drug-likeness (QED) is 0.902. The van der Waals surface area contributed by atoms with Crippen LogP contribution in [0.25, 0.3) is 0 Å². The predicted molar refractivity (Wildman–Crippen MR) is 69.6 cm³/mol. The summed E-state index contributed by atoms with van der Waals surface area (Å²) in [5.41, 5.74) is 0.814. The van der Waals surface area contributed by atoms with E-state index in [1.54, 1.807) is 22.3 Å². The number of aryl methyl sites for hydroxylation is 1. The Kier molecular flexibility index (Phi) is 4.17. The minimum absolute atomic E-state index is 0.0587. The summed E-state index contributed by atoms with van der Waals surface area (Å²) in [6.45, 7) is 2.57. The average Bonchev–Trinajstić information content (AvgIpc) is 2.99. The molecule has 5 heteroatoms.